The van der Waals surface area contributed by atoms with Crippen LogP contribution in [-0.4, -0.2) is 79.4 Å². The molecule has 3 fully saturated rings. The first-order chi connectivity index (χ1) is 17.6. The average Bonchev–Trinajstić information content (AvgIpc) is 3.52. The highest BCUT2D eigenvalue weighted by Crippen LogP contribution is 2.48. The molecule has 3 heterocycles. The second-order valence-electron chi connectivity index (χ2n) is 10.5. The SMILES string of the molecule is CC/C=C\C(CN1CCN(c2ccc(-c3cn(CC4OCC5(CC5)CO4)cn3)c(CC)c2)CC1)=NC. The van der Waals surface area contributed by atoms with Crippen molar-refractivity contribution in [3.8, 4) is 11.3 Å². The van der Waals surface area contributed by atoms with E-state index in [1.165, 1.54) is 29.7 Å². The summed E-state index contributed by atoms with van der Waals surface area (Å²) in [6.45, 7) is 11.8. The van der Waals surface area contributed by atoms with E-state index in [1.54, 1.807) is 0 Å². The second-order valence-corrected chi connectivity index (χ2v) is 10.5. The number of imidazole rings is 1. The van der Waals surface area contributed by atoms with E-state index in [1.807, 2.05) is 13.4 Å². The molecule has 5 rings (SSSR count). The summed E-state index contributed by atoms with van der Waals surface area (Å²) in [6, 6.07) is 6.86. The van der Waals surface area contributed by atoms with Crippen molar-refractivity contribution in [2.45, 2.75) is 52.4 Å². The summed E-state index contributed by atoms with van der Waals surface area (Å²) < 4.78 is 14.0. The van der Waals surface area contributed by atoms with Gasteiger partial charge < -0.3 is 18.9 Å². The van der Waals surface area contributed by atoms with Crippen LogP contribution in [0.25, 0.3) is 11.3 Å². The summed E-state index contributed by atoms with van der Waals surface area (Å²) in [4.78, 5) is 14.2. The molecule has 7 heteroatoms. The summed E-state index contributed by atoms with van der Waals surface area (Å²) >= 11 is 0. The lowest BCUT2D eigenvalue weighted by molar-refractivity contribution is -0.212. The number of anilines is 1. The van der Waals surface area contributed by atoms with Crippen molar-refractivity contribution in [1.82, 2.24) is 14.5 Å². The lowest BCUT2D eigenvalue weighted by Crippen LogP contribution is -2.47. The Bertz CT molecular complexity index is 1070. The third-order valence-electron chi connectivity index (χ3n) is 7.80. The van der Waals surface area contributed by atoms with Gasteiger partial charge in [0.15, 0.2) is 6.29 Å². The van der Waals surface area contributed by atoms with Gasteiger partial charge in [0, 0.05) is 68.3 Å². The summed E-state index contributed by atoms with van der Waals surface area (Å²) in [5.74, 6) is 0. The van der Waals surface area contributed by atoms with E-state index in [4.69, 9.17) is 14.5 Å². The molecule has 1 aromatic heterocycles. The minimum atomic E-state index is -0.174. The van der Waals surface area contributed by atoms with E-state index >= 15 is 0 Å². The van der Waals surface area contributed by atoms with Crippen LogP contribution in [0, 0.1) is 5.41 Å². The van der Waals surface area contributed by atoms with Gasteiger partial charge in [-0.05, 0) is 49.5 Å². The molecule has 0 bridgehead atoms. The number of nitrogens with zero attached hydrogens (tertiary/aromatic N) is 5. The fourth-order valence-electron chi connectivity index (χ4n) is 5.14. The van der Waals surface area contributed by atoms with Crippen LogP contribution >= 0.6 is 0 Å². The number of aryl methyl sites for hydroxylation is 1. The lowest BCUT2D eigenvalue weighted by Gasteiger charge is -2.36. The van der Waals surface area contributed by atoms with Gasteiger partial charge in [-0.25, -0.2) is 4.98 Å². The Hall–Kier alpha value is -2.48. The zero-order valence-corrected chi connectivity index (χ0v) is 22.2. The number of rotatable bonds is 9. The number of hydrogen-bond acceptors (Lipinski definition) is 6. The molecule has 3 aliphatic rings. The maximum Gasteiger partial charge on any atom is 0.175 e. The van der Waals surface area contributed by atoms with Crippen LogP contribution in [0.2, 0.25) is 0 Å². The van der Waals surface area contributed by atoms with Crippen LogP contribution in [-0.2, 0) is 22.4 Å². The maximum atomic E-state index is 5.97. The van der Waals surface area contributed by atoms with Crippen LogP contribution in [0.15, 0.2) is 47.9 Å². The van der Waals surface area contributed by atoms with Crippen LogP contribution in [0.3, 0.4) is 0 Å². The molecule has 0 radical (unpaired) electrons. The zero-order valence-electron chi connectivity index (χ0n) is 22.2. The molecule has 2 saturated heterocycles. The lowest BCUT2D eigenvalue weighted by atomic mass is 10.0. The molecule has 2 aromatic rings. The van der Waals surface area contributed by atoms with Gasteiger partial charge in [0.05, 0.1) is 31.8 Å². The smallest absolute Gasteiger partial charge is 0.175 e. The first-order valence-electron chi connectivity index (χ1n) is 13.6. The fourth-order valence-corrected chi connectivity index (χ4v) is 5.14. The first kappa shape index (κ1) is 25.2. The molecule has 2 aliphatic heterocycles. The molecule has 36 heavy (non-hydrogen) atoms. The van der Waals surface area contributed by atoms with Crippen LogP contribution in [0.5, 0.6) is 0 Å². The number of aromatic nitrogens is 2. The Balaban J connectivity index is 1.18. The van der Waals surface area contributed by atoms with Crippen molar-refractivity contribution in [3.05, 3.63) is 48.4 Å². The monoisotopic (exact) mass is 491 g/mol. The van der Waals surface area contributed by atoms with Crippen molar-refractivity contribution >= 4 is 11.4 Å². The highest BCUT2D eigenvalue weighted by Gasteiger charge is 2.46. The standard InChI is InChI=1S/C29H41N5O2/c1-4-6-7-24(30-3)17-32-12-14-34(15-13-32)25-8-9-26(23(5-2)16-25)27-18-33(22-31-27)19-28-35-20-29(10-11-29)21-36-28/h6-9,16,18,22,28H,4-5,10-15,17,19-21H2,1-3H3/b7-6-,30-24?. The molecule has 1 aliphatic carbocycles. The fraction of sp³-hybridized carbons (Fsp3) is 0.586. The van der Waals surface area contributed by atoms with E-state index < -0.39 is 0 Å². The second kappa shape index (κ2) is 11.3. The van der Waals surface area contributed by atoms with Crippen molar-refractivity contribution in [2.24, 2.45) is 10.4 Å². The van der Waals surface area contributed by atoms with Gasteiger partial charge in [-0.1, -0.05) is 26.0 Å². The molecule has 1 saturated carbocycles. The summed E-state index contributed by atoms with van der Waals surface area (Å²) in [5.41, 5.74) is 6.38. The number of allylic oxidation sites excluding steroid dienone is 1. The molecule has 0 unspecified atom stereocenters. The highest BCUT2D eigenvalue weighted by atomic mass is 16.7. The first-order valence-corrected chi connectivity index (χ1v) is 13.6. The largest absolute Gasteiger partial charge is 0.369 e. The van der Waals surface area contributed by atoms with Crippen molar-refractivity contribution in [3.63, 3.8) is 0 Å². The number of aliphatic imine (C=N–C) groups is 1. The Morgan fingerprint density at radius 3 is 2.58 bits per heavy atom. The topological polar surface area (TPSA) is 55.1 Å². The minimum Gasteiger partial charge on any atom is -0.369 e. The molecular weight excluding hydrogens is 450 g/mol. The Kier molecular flexibility index (Phi) is 7.89. The third kappa shape index (κ3) is 5.90. The van der Waals surface area contributed by atoms with Crippen molar-refractivity contribution < 1.29 is 9.47 Å². The summed E-state index contributed by atoms with van der Waals surface area (Å²) in [7, 11) is 1.89. The molecule has 0 amide bonds. The van der Waals surface area contributed by atoms with E-state index in [9.17, 15) is 0 Å². The predicted molar refractivity (Wildman–Crippen MR) is 146 cm³/mol. The van der Waals surface area contributed by atoms with Gasteiger partial charge in [0.2, 0.25) is 0 Å². The summed E-state index contributed by atoms with van der Waals surface area (Å²) in [5, 5.41) is 0. The van der Waals surface area contributed by atoms with Gasteiger partial charge >= 0.3 is 0 Å². The average molecular weight is 492 g/mol. The van der Waals surface area contributed by atoms with Crippen molar-refractivity contribution in [2.75, 3.05) is 57.9 Å². The predicted octanol–water partition coefficient (Wildman–Crippen LogP) is 4.42. The molecule has 1 spiro atoms. The van der Waals surface area contributed by atoms with Gasteiger partial charge in [-0.15, -0.1) is 0 Å². The number of piperazine rings is 1. The highest BCUT2D eigenvalue weighted by molar-refractivity contribution is 5.96. The van der Waals surface area contributed by atoms with Crippen LogP contribution in [0.4, 0.5) is 5.69 Å². The van der Waals surface area contributed by atoms with Crippen LogP contribution < -0.4 is 4.90 Å². The summed E-state index contributed by atoms with van der Waals surface area (Å²) in [6.07, 6.45) is 12.7. The van der Waals surface area contributed by atoms with Gasteiger partial charge in [-0.2, -0.15) is 0 Å². The van der Waals surface area contributed by atoms with Crippen molar-refractivity contribution in [1.29, 1.82) is 0 Å². The van der Waals surface area contributed by atoms with E-state index in [0.717, 1.165) is 70.2 Å². The Labute approximate surface area is 215 Å². The third-order valence-corrected chi connectivity index (χ3v) is 7.80. The van der Waals surface area contributed by atoms with Gasteiger partial charge in [0.25, 0.3) is 0 Å². The Morgan fingerprint density at radius 1 is 1.14 bits per heavy atom. The number of benzene rings is 1. The quantitative estimate of drug-likeness (QED) is 0.486. The molecule has 0 atom stereocenters. The van der Waals surface area contributed by atoms with E-state index in [2.05, 4.69) is 69.8 Å². The molecule has 7 nitrogen and oxygen atoms in total. The normalized spacial score (nSPS) is 21.1. The van der Waals surface area contributed by atoms with E-state index in [0.29, 0.717) is 12.0 Å². The molecule has 194 valence electrons. The zero-order chi connectivity index (χ0) is 25.0. The van der Waals surface area contributed by atoms with Crippen LogP contribution in [0.1, 0.15) is 38.7 Å². The maximum absolute atomic E-state index is 5.97. The number of hydrogen-bond donors (Lipinski definition) is 0. The molecular formula is C29H41N5O2. The van der Waals surface area contributed by atoms with E-state index in [-0.39, 0.29) is 6.29 Å². The number of ether oxygens (including phenoxy) is 2. The minimum absolute atomic E-state index is 0.174. The Morgan fingerprint density at radius 2 is 1.92 bits per heavy atom. The van der Waals surface area contributed by atoms with Gasteiger partial charge in [0.1, 0.15) is 0 Å². The van der Waals surface area contributed by atoms with Gasteiger partial charge in [-0.3, -0.25) is 9.89 Å². The molecule has 0 N–H and O–H groups in total. The molecule has 1 aromatic carbocycles.